The van der Waals surface area contributed by atoms with E-state index in [1.54, 1.807) is 12.1 Å². The minimum Gasteiger partial charge on any atom is -0.508 e. The first-order chi connectivity index (χ1) is 12.6. The van der Waals surface area contributed by atoms with Gasteiger partial charge in [-0.25, -0.2) is 4.79 Å². The van der Waals surface area contributed by atoms with E-state index in [1.807, 2.05) is 19.9 Å². The van der Waals surface area contributed by atoms with Gasteiger partial charge in [-0.05, 0) is 50.5 Å². The maximum absolute atomic E-state index is 12.7. The van der Waals surface area contributed by atoms with Gasteiger partial charge in [0.25, 0.3) is 0 Å². The third-order valence-corrected chi connectivity index (χ3v) is 5.74. The zero-order valence-electron chi connectivity index (χ0n) is 16.5. The minimum atomic E-state index is -0.796. The number of ether oxygens (including phenoxy) is 2. The van der Waals surface area contributed by atoms with Gasteiger partial charge in [-0.3, -0.25) is 0 Å². The van der Waals surface area contributed by atoms with Gasteiger partial charge in [-0.1, -0.05) is 26.0 Å². The number of epoxide rings is 1. The van der Waals surface area contributed by atoms with Crippen LogP contribution in [-0.4, -0.2) is 39.6 Å². The van der Waals surface area contributed by atoms with Crippen LogP contribution in [0.1, 0.15) is 57.3 Å². The fraction of sp³-hybridized carbons (Fsp3) is 0.591. The Morgan fingerprint density at radius 1 is 1.22 bits per heavy atom. The lowest BCUT2D eigenvalue weighted by Gasteiger charge is -2.31. The van der Waals surface area contributed by atoms with Gasteiger partial charge < -0.3 is 19.7 Å². The standard InChI is InChI=1S/C22H30O5/c1-14(2)17-6-5-11-21(3,25)13-19-22(4,27-19)12-18(17)26-20(24)15-7-9-16(23)10-8-15/h5-10,14,17-19,23,25H,11-13H2,1-4H3/b6-5+/t17-,18-,19-,21-,22+/m0/s1. The predicted octanol–water partition coefficient (Wildman–Crippen LogP) is 3.84. The number of carbonyl (C=O) groups excluding carboxylic acids is 1. The Bertz CT molecular complexity index is 706. The Balaban J connectivity index is 1.84. The number of aliphatic hydroxyl groups is 1. The number of hydrogen-bond donors (Lipinski definition) is 2. The first kappa shape index (κ1) is 19.9. The maximum atomic E-state index is 12.7. The lowest BCUT2D eigenvalue weighted by atomic mass is 9.80. The predicted molar refractivity (Wildman–Crippen MR) is 103 cm³/mol. The average Bonchev–Trinajstić information content (AvgIpc) is 3.18. The van der Waals surface area contributed by atoms with E-state index in [4.69, 9.17) is 9.47 Å². The summed E-state index contributed by atoms with van der Waals surface area (Å²) in [4.78, 5) is 12.7. The van der Waals surface area contributed by atoms with E-state index in [0.29, 0.717) is 24.8 Å². The summed E-state index contributed by atoms with van der Waals surface area (Å²) in [6.45, 7) is 8.08. The first-order valence-electron chi connectivity index (χ1n) is 9.66. The Kier molecular flexibility index (Phi) is 5.37. The van der Waals surface area contributed by atoms with Gasteiger partial charge in [-0.2, -0.15) is 0 Å². The highest BCUT2D eigenvalue weighted by atomic mass is 16.6. The summed E-state index contributed by atoms with van der Waals surface area (Å²) in [6, 6.07) is 6.08. The van der Waals surface area contributed by atoms with Crippen molar-refractivity contribution in [3.63, 3.8) is 0 Å². The average molecular weight is 374 g/mol. The zero-order chi connectivity index (χ0) is 19.8. The third kappa shape index (κ3) is 4.71. The SMILES string of the molecule is CC(C)[C@@H]1/C=C/C[C@](C)(O)C[C@@H]2O[C@]2(C)C[C@@H]1OC(=O)c1ccc(O)cc1. The number of phenolic OH excluding ortho intramolecular Hbond substituents is 1. The number of carbonyl (C=O) groups is 1. The summed E-state index contributed by atoms with van der Waals surface area (Å²) in [5.74, 6) is 0.0107. The molecule has 148 valence electrons. The highest BCUT2D eigenvalue weighted by Gasteiger charge is 2.56. The second kappa shape index (κ2) is 7.28. The van der Waals surface area contributed by atoms with E-state index in [0.717, 1.165) is 0 Å². The van der Waals surface area contributed by atoms with E-state index in [9.17, 15) is 15.0 Å². The fourth-order valence-corrected chi connectivity index (χ4v) is 3.92. The summed E-state index contributed by atoms with van der Waals surface area (Å²) < 4.78 is 11.8. The third-order valence-electron chi connectivity index (χ3n) is 5.74. The number of esters is 1. The molecule has 1 fully saturated rings. The molecule has 0 bridgehead atoms. The number of fused-ring (bicyclic) bond motifs is 1. The van der Waals surface area contributed by atoms with E-state index in [1.165, 1.54) is 12.1 Å². The molecule has 2 N–H and O–H groups in total. The van der Waals surface area contributed by atoms with Crippen molar-refractivity contribution in [3.05, 3.63) is 42.0 Å². The molecule has 5 atom stereocenters. The topological polar surface area (TPSA) is 79.3 Å². The van der Waals surface area contributed by atoms with Gasteiger partial charge >= 0.3 is 5.97 Å². The number of rotatable bonds is 3. The number of benzene rings is 1. The summed E-state index contributed by atoms with van der Waals surface area (Å²) in [6.07, 6.45) is 5.42. The second-order valence-electron chi connectivity index (χ2n) is 8.77. The van der Waals surface area contributed by atoms with Crippen molar-refractivity contribution in [3.8, 4) is 5.75 Å². The minimum absolute atomic E-state index is 0.0262. The Hall–Kier alpha value is -1.85. The Morgan fingerprint density at radius 2 is 1.89 bits per heavy atom. The van der Waals surface area contributed by atoms with Gasteiger partial charge in [-0.15, -0.1) is 0 Å². The molecule has 1 aliphatic carbocycles. The van der Waals surface area contributed by atoms with Crippen LogP contribution < -0.4 is 0 Å². The molecule has 0 aromatic heterocycles. The van der Waals surface area contributed by atoms with Gasteiger partial charge in [0.15, 0.2) is 0 Å². The van der Waals surface area contributed by atoms with Gasteiger partial charge in [0.1, 0.15) is 11.9 Å². The molecule has 1 aliphatic heterocycles. The van der Waals surface area contributed by atoms with Crippen LogP contribution in [0.2, 0.25) is 0 Å². The summed E-state index contributed by atoms with van der Waals surface area (Å²) in [7, 11) is 0. The van der Waals surface area contributed by atoms with Crippen molar-refractivity contribution in [2.45, 2.75) is 70.4 Å². The molecule has 1 heterocycles. The molecule has 5 nitrogen and oxygen atoms in total. The van der Waals surface area contributed by atoms with E-state index in [-0.39, 0.29) is 35.4 Å². The molecule has 0 amide bonds. The Morgan fingerprint density at radius 3 is 2.52 bits per heavy atom. The number of hydrogen-bond acceptors (Lipinski definition) is 5. The molecule has 0 saturated carbocycles. The molecule has 2 aliphatic rings. The van der Waals surface area contributed by atoms with E-state index >= 15 is 0 Å². The van der Waals surface area contributed by atoms with E-state index in [2.05, 4.69) is 19.9 Å². The molecule has 0 radical (unpaired) electrons. The smallest absolute Gasteiger partial charge is 0.338 e. The summed E-state index contributed by atoms with van der Waals surface area (Å²) in [5.41, 5.74) is -0.768. The molecule has 27 heavy (non-hydrogen) atoms. The molecule has 0 unspecified atom stereocenters. The molecule has 1 aromatic carbocycles. The lowest BCUT2D eigenvalue weighted by molar-refractivity contribution is 0.00393. The first-order valence-corrected chi connectivity index (χ1v) is 9.66. The molecular weight excluding hydrogens is 344 g/mol. The number of aromatic hydroxyl groups is 1. The molecule has 0 spiro atoms. The summed E-state index contributed by atoms with van der Waals surface area (Å²) >= 11 is 0. The van der Waals surface area contributed by atoms with Crippen LogP contribution in [0.5, 0.6) is 5.75 Å². The van der Waals surface area contributed by atoms with Crippen molar-refractivity contribution < 1.29 is 24.5 Å². The van der Waals surface area contributed by atoms with Crippen LogP contribution in [0, 0.1) is 11.8 Å². The lowest BCUT2D eigenvalue weighted by Crippen LogP contribution is -2.36. The van der Waals surface area contributed by atoms with Crippen molar-refractivity contribution in [2.24, 2.45) is 11.8 Å². The normalized spacial score (nSPS) is 37.3. The largest absolute Gasteiger partial charge is 0.508 e. The summed E-state index contributed by atoms with van der Waals surface area (Å²) in [5, 5.41) is 20.0. The molecule has 1 saturated heterocycles. The van der Waals surface area contributed by atoms with Crippen LogP contribution in [0.3, 0.4) is 0 Å². The monoisotopic (exact) mass is 374 g/mol. The molecule has 3 rings (SSSR count). The second-order valence-corrected chi connectivity index (χ2v) is 8.77. The van der Waals surface area contributed by atoms with Crippen LogP contribution in [-0.2, 0) is 9.47 Å². The van der Waals surface area contributed by atoms with Crippen molar-refractivity contribution in [1.29, 1.82) is 0 Å². The highest BCUT2D eigenvalue weighted by Crippen LogP contribution is 2.47. The molecule has 1 aromatic rings. The van der Waals surface area contributed by atoms with Crippen LogP contribution in [0.15, 0.2) is 36.4 Å². The maximum Gasteiger partial charge on any atom is 0.338 e. The molecule has 5 heteroatoms. The van der Waals surface area contributed by atoms with Crippen molar-refractivity contribution in [2.75, 3.05) is 0 Å². The quantitative estimate of drug-likeness (QED) is 0.477. The molecular formula is C22H30O5. The van der Waals surface area contributed by atoms with Gasteiger partial charge in [0.2, 0.25) is 0 Å². The van der Waals surface area contributed by atoms with E-state index < -0.39 is 11.6 Å². The Labute approximate surface area is 161 Å². The van der Waals surface area contributed by atoms with Crippen LogP contribution >= 0.6 is 0 Å². The van der Waals surface area contributed by atoms with Crippen LogP contribution in [0.4, 0.5) is 0 Å². The number of phenols is 1. The van der Waals surface area contributed by atoms with Gasteiger partial charge in [0.05, 0.1) is 22.9 Å². The van der Waals surface area contributed by atoms with Crippen molar-refractivity contribution >= 4 is 5.97 Å². The zero-order valence-corrected chi connectivity index (χ0v) is 16.5. The highest BCUT2D eigenvalue weighted by molar-refractivity contribution is 5.89. The van der Waals surface area contributed by atoms with Crippen molar-refractivity contribution in [1.82, 2.24) is 0 Å². The van der Waals surface area contributed by atoms with Crippen LogP contribution in [0.25, 0.3) is 0 Å². The fourth-order valence-electron chi connectivity index (χ4n) is 3.92. The van der Waals surface area contributed by atoms with Gasteiger partial charge in [0, 0.05) is 18.8 Å².